The average molecular weight is 450 g/mol. The van der Waals surface area contributed by atoms with E-state index < -0.39 is 0 Å². The molecule has 3 aromatic rings. The number of nitrogens with zero attached hydrogens (tertiary/aromatic N) is 2. The van der Waals surface area contributed by atoms with Gasteiger partial charge in [-0.2, -0.15) is 0 Å². The number of likely N-dealkylation sites (tertiary alicyclic amines) is 1. The molecule has 32 heavy (non-hydrogen) atoms. The van der Waals surface area contributed by atoms with E-state index in [0.717, 1.165) is 54.3 Å². The topological polar surface area (TPSA) is 54.5 Å². The zero-order chi connectivity index (χ0) is 22.2. The molecule has 1 amide bonds. The van der Waals surface area contributed by atoms with E-state index >= 15 is 0 Å². The lowest BCUT2D eigenvalue weighted by atomic mass is 9.95. The molecule has 1 fully saturated rings. The number of carbonyl (C=O) groups excluding carboxylic acids is 1. The number of ether oxygens (including phenoxy) is 1. The summed E-state index contributed by atoms with van der Waals surface area (Å²) in [6.45, 7) is 6.54. The van der Waals surface area contributed by atoms with E-state index in [2.05, 4.69) is 50.9 Å². The molecule has 1 N–H and O–H groups in total. The van der Waals surface area contributed by atoms with Gasteiger partial charge in [0.05, 0.1) is 23.9 Å². The fraction of sp³-hybridized carbons (Fsp3) is 0.385. The molecule has 168 valence electrons. The third-order valence-corrected chi connectivity index (χ3v) is 6.67. The SMILES string of the molecule is Cc1nc(CN2CCC(C(=O)NCc3cccc(COCc4ccccc4)c3)CC2)cs1. The first-order valence-corrected chi connectivity index (χ1v) is 12.1. The fourth-order valence-corrected chi connectivity index (χ4v) is 4.69. The summed E-state index contributed by atoms with van der Waals surface area (Å²) in [4.78, 5) is 19.6. The van der Waals surface area contributed by atoms with Crippen LogP contribution in [0.25, 0.3) is 0 Å². The number of amides is 1. The first-order valence-electron chi connectivity index (χ1n) is 11.3. The molecule has 1 aromatic heterocycles. The molecular formula is C26H31N3O2S. The smallest absolute Gasteiger partial charge is 0.223 e. The Kier molecular flexibility index (Phi) is 8.04. The molecule has 1 aliphatic heterocycles. The van der Waals surface area contributed by atoms with Crippen LogP contribution in [0.1, 0.15) is 40.2 Å². The third-order valence-electron chi connectivity index (χ3n) is 5.85. The van der Waals surface area contributed by atoms with E-state index in [1.54, 1.807) is 11.3 Å². The largest absolute Gasteiger partial charge is 0.372 e. The van der Waals surface area contributed by atoms with Gasteiger partial charge in [0.2, 0.25) is 5.91 Å². The Bertz CT molecular complexity index is 997. The minimum atomic E-state index is 0.0980. The maximum atomic E-state index is 12.7. The monoisotopic (exact) mass is 449 g/mol. The maximum Gasteiger partial charge on any atom is 0.223 e. The molecule has 0 unspecified atom stereocenters. The highest BCUT2D eigenvalue weighted by Crippen LogP contribution is 2.20. The van der Waals surface area contributed by atoms with Crippen LogP contribution in [0, 0.1) is 12.8 Å². The average Bonchev–Trinajstić information content (AvgIpc) is 3.23. The van der Waals surface area contributed by atoms with Crippen LogP contribution < -0.4 is 5.32 Å². The Morgan fingerprint density at radius 2 is 1.78 bits per heavy atom. The zero-order valence-electron chi connectivity index (χ0n) is 18.6. The van der Waals surface area contributed by atoms with Crippen LogP contribution in [0.4, 0.5) is 0 Å². The van der Waals surface area contributed by atoms with Gasteiger partial charge < -0.3 is 10.1 Å². The molecule has 4 rings (SSSR count). The predicted molar refractivity (Wildman–Crippen MR) is 128 cm³/mol. The predicted octanol–water partition coefficient (Wildman–Crippen LogP) is 4.70. The van der Waals surface area contributed by atoms with Crippen LogP contribution in [-0.4, -0.2) is 28.9 Å². The van der Waals surface area contributed by atoms with Crippen molar-refractivity contribution in [1.29, 1.82) is 0 Å². The highest BCUT2D eigenvalue weighted by Gasteiger charge is 2.25. The van der Waals surface area contributed by atoms with Gasteiger partial charge in [-0.3, -0.25) is 9.69 Å². The maximum absolute atomic E-state index is 12.7. The van der Waals surface area contributed by atoms with E-state index in [9.17, 15) is 4.79 Å². The van der Waals surface area contributed by atoms with Crippen molar-refractivity contribution in [2.24, 2.45) is 5.92 Å². The number of aromatic nitrogens is 1. The Morgan fingerprint density at radius 3 is 2.53 bits per heavy atom. The van der Waals surface area contributed by atoms with Crippen molar-refractivity contribution in [3.05, 3.63) is 87.4 Å². The molecule has 5 nitrogen and oxygen atoms in total. The van der Waals surface area contributed by atoms with Crippen LogP contribution in [0.2, 0.25) is 0 Å². The van der Waals surface area contributed by atoms with E-state index in [1.165, 1.54) is 5.56 Å². The first-order chi connectivity index (χ1) is 15.7. The summed E-state index contributed by atoms with van der Waals surface area (Å²) in [5.41, 5.74) is 4.54. The number of nitrogens with one attached hydrogen (secondary N) is 1. The Balaban J connectivity index is 1.18. The van der Waals surface area contributed by atoms with Crippen molar-refractivity contribution >= 4 is 17.2 Å². The highest BCUT2D eigenvalue weighted by molar-refractivity contribution is 7.09. The molecule has 1 aliphatic rings. The van der Waals surface area contributed by atoms with Crippen LogP contribution >= 0.6 is 11.3 Å². The van der Waals surface area contributed by atoms with E-state index in [0.29, 0.717) is 19.8 Å². The zero-order valence-corrected chi connectivity index (χ0v) is 19.4. The molecule has 0 atom stereocenters. The second kappa shape index (κ2) is 11.4. The number of hydrogen-bond donors (Lipinski definition) is 1. The van der Waals surface area contributed by atoms with Gasteiger partial charge in [0, 0.05) is 24.4 Å². The van der Waals surface area contributed by atoms with Gasteiger partial charge in [-0.25, -0.2) is 4.98 Å². The summed E-state index contributed by atoms with van der Waals surface area (Å²) in [6, 6.07) is 18.4. The van der Waals surface area contributed by atoms with Crippen molar-refractivity contribution in [2.75, 3.05) is 13.1 Å². The van der Waals surface area contributed by atoms with Gasteiger partial charge in [0.1, 0.15) is 0 Å². The van der Waals surface area contributed by atoms with Crippen molar-refractivity contribution in [3.63, 3.8) is 0 Å². The Labute approximate surface area is 194 Å². The van der Waals surface area contributed by atoms with Crippen molar-refractivity contribution in [1.82, 2.24) is 15.2 Å². The molecule has 2 aromatic carbocycles. The van der Waals surface area contributed by atoms with Crippen LogP contribution in [-0.2, 0) is 35.8 Å². The second-order valence-electron chi connectivity index (χ2n) is 8.42. The van der Waals surface area contributed by atoms with Crippen molar-refractivity contribution < 1.29 is 9.53 Å². The summed E-state index contributed by atoms with van der Waals surface area (Å²) in [7, 11) is 0. The van der Waals surface area contributed by atoms with Crippen molar-refractivity contribution in [3.8, 4) is 0 Å². The third kappa shape index (κ3) is 6.73. The number of hydrogen-bond acceptors (Lipinski definition) is 5. The number of carbonyl (C=O) groups is 1. The van der Waals surface area contributed by atoms with Gasteiger partial charge in [-0.1, -0.05) is 54.6 Å². The molecule has 6 heteroatoms. The van der Waals surface area contributed by atoms with Gasteiger partial charge in [-0.15, -0.1) is 11.3 Å². The van der Waals surface area contributed by atoms with Gasteiger partial charge in [0.25, 0.3) is 0 Å². The minimum absolute atomic E-state index is 0.0980. The van der Waals surface area contributed by atoms with E-state index in [1.807, 2.05) is 31.2 Å². The summed E-state index contributed by atoms with van der Waals surface area (Å²) in [5, 5.41) is 6.38. The summed E-state index contributed by atoms with van der Waals surface area (Å²) >= 11 is 1.70. The first kappa shape index (κ1) is 22.6. The quantitative estimate of drug-likeness (QED) is 0.515. The summed E-state index contributed by atoms with van der Waals surface area (Å²) in [6.07, 6.45) is 1.81. The number of benzene rings is 2. The number of rotatable bonds is 9. The molecule has 0 saturated carbocycles. The van der Waals surface area contributed by atoms with Gasteiger partial charge >= 0.3 is 0 Å². The van der Waals surface area contributed by atoms with Crippen LogP contribution in [0.3, 0.4) is 0 Å². The van der Waals surface area contributed by atoms with Gasteiger partial charge in [-0.05, 0) is 49.5 Å². The van der Waals surface area contributed by atoms with E-state index in [-0.39, 0.29) is 11.8 Å². The molecule has 0 radical (unpaired) electrons. The van der Waals surface area contributed by atoms with Crippen molar-refractivity contribution in [2.45, 2.75) is 46.1 Å². The molecule has 0 spiro atoms. The lowest BCUT2D eigenvalue weighted by molar-refractivity contribution is -0.126. The summed E-state index contributed by atoms with van der Waals surface area (Å²) < 4.78 is 5.84. The number of thiazole rings is 1. The standard InChI is InChI=1S/C26H31N3O2S/c1-20-28-25(19-32-20)16-29-12-10-24(11-13-29)26(30)27-15-22-8-5-9-23(14-22)18-31-17-21-6-3-2-4-7-21/h2-9,14,19,24H,10-13,15-18H2,1H3,(H,27,30). The highest BCUT2D eigenvalue weighted by atomic mass is 32.1. The Hall–Kier alpha value is -2.54. The van der Waals surface area contributed by atoms with E-state index in [4.69, 9.17) is 4.74 Å². The lowest BCUT2D eigenvalue weighted by Crippen LogP contribution is -2.40. The summed E-state index contributed by atoms with van der Waals surface area (Å²) in [5.74, 6) is 0.265. The molecular weight excluding hydrogens is 418 g/mol. The number of aryl methyl sites for hydroxylation is 1. The molecule has 2 heterocycles. The molecule has 0 aliphatic carbocycles. The Morgan fingerprint density at radius 1 is 1.06 bits per heavy atom. The number of piperidine rings is 1. The lowest BCUT2D eigenvalue weighted by Gasteiger charge is -2.30. The molecule has 1 saturated heterocycles. The second-order valence-corrected chi connectivity index (χ2v) is 9.49. The van der Waals surface area contributed by atoms with Crippen LogP contribution in [0.15, 0.2) is 60.0 Å². The minimum Gasteiger partial charge on any atom is -0.372 e. The van der Waals surface area contributed by atoms with Gasteiger partial charge in [0.15, 0.2) is 0 Å². The fourth-order valence-electron chi connectivity index (χ4n) is 4.09. The normalized spacial score (nSPS) is 15.0. The van der Waals surface area contributed by atoms with Crippen LogP contribution in [0.5, 0.6) is 0 Å². The molecule has 0 bridgehead atoms.